The summed E-state index contributed by atoms with van der Waals surface area (Å²) in [6, 6.07) is 11.6. The second-order valence-electron chi connectivity index (χ2n) is 7.08. The van der Waals surface area contributed by atoms with Crippen LogP contribution in [0.3, 0.4) is 0 Å². The van der Waals surface area contributed by atoms with Crippen molar-refractivity contribution in [1.82, 2.24) is 9.97 Å². The van der Waals surface area contributed by atoms with Crippen LogP contribution in [0.1, 0.15) is 17.2 Å². The van der Waals surface area contributed by atoms with Crippen LogP contribution in [0, 0.1) is 0 Å². The summed E-state index contributed by atoms with van der Waals surface area (Å²) in [6.45, 7) is 0.207. The molecule has 4 aromatic rings. The SMILES string of the molecule is NC(CNc1ncc(-c2ccc3cnccc3c2)s1)C(O)c1ccc(C(F)(F)F)cc1. The third-order valence-electron chi connectivity index (χ3n) is 4.90. The fraction of sp³-hybridized carbons (Fsp3) is 0.182. The Morgan fingerprint density at radius 2 is 1.81 bits per heavy atom. The Morgan fingerprint density at radius 1 is 1.03 bits per heavy atom. The number of nitrogens with two attached hydrogens (primary N) is 1. The van der Waals surface area contributed by atoms with Crippen molar-refractivity contribution in [3.8, 4) is 10.4 Å². The highest BCUT2D eigenvalue weighted by Crippen LogP contribution is 2.32. The van der Waals surface area contributed by atoms with Crippen molar-refractivity contribution >= 4 is 27.2 Å². The van der Waals surface area contributed by atoms with Gasteiger partial charge in [-0.15, -0.1) is 0 Å². The minimum Gasteiger partial charge on any atom is -0.387 e. The molecule has 9 heteroatoms. The van der Waals surface area contributed by atoms with E-state index in [1.165, 1.54) is 23.5 Å². The summed E-state index contributed by atoms with van der Waals surface area (Å²) in [6.07, 6.45) is -0.217. The largest absolute Gasteiger partial charge is 0.416 e. The van der Waals surface area contributed by atoms with Crippen molar-refractivity contribution in [2.45, 2.75) is 18.3 Å². The van der Waals surface area contributed by atoms with Crippen LogP contribution in [-0.2, 0) is 6.18 Å². The Morgan fingerprint density at radius 3 is 2.55 bits per heavy atom. The molecular formula is C22H19F3N4OS. The molecule has 4 rings (SSSR count). The molecule has 31 heavy (non-hydrogen) atoms. The van der Waals surface area contributed by atoms with E-state index in [-0.39, 0.29) is 6.54 Å². The van der Waals surface area contributed by atoms with Gasteiger partial charge in [-0.3, -0.25) is 4.98 Å². The lowest BCUT2D eigenvalue weighted by Gasteiger charge is -2.20. The average molecular weight is 444 g/mol. The van der Waals surface area contributed by atoms with Crippen molar-refractivity contribution in [2.24, 2.45) is 5.73 Å². The summed E-state index contributed by atoms with van der Waals surface area (Å²) in [7, 11) is 0. The van der Waals surface area contributed by atoms with Crippen LogP contribution in [0.2, 0.25) is 0 Å². The Labute approximate surface area is 180 Å². The summed E-state index contributed by atoms with van der Waals surface area (Å²) >= 11 is 1.45. The molecule has 5 nitrogen and oxygen atoms in total. The minimum atomic E-state index is -4.42. The van der Waals surface area contributed by atoms with Crippen LogP contribution in [-0.4, -0.2) is 27.7 Å². The van der Waals surface area contributed by atoms with E-state index >= 15 is 0 Å². The van der Waals surface area contributed by atoms with Crippen molar-refractivity contribution < 1.29 is 18.3 Å². The molecule has 0 aliphatic carbocycles. The first kappa shape index (κ1) is 21.2. The van der Waals surface area contributed by atoms with Crippen LogP contribution >= 0.6 is 11.3 Å². The molecule has 0 spiro atoms. The van der Waals surface area contributed by atoms with E-state index in [1.807, 2.05) is 24.4 Å². The molecule has 2 unspecified atom stereocenters. The molecule has 0 saturated carbocycles. The van der Waals surface area contributed by atoms with Gasteiger partial charge in [0, 0.05) is 30.5 Å². The molecule has 0 radical (unpaired) electrons. The van der Waals surface area contributed by atoms with E-state index in [0.29, 0.717) is 10.7 Å². The molecule has 160 valence electrons. The van der Waals surface area contributed by atoms with E-state index in [9.17, 15) is 18.3 Å². The number of thiazole rings is 1. The van der Waals surface area contributed by atoms with Gasteiger partial charge in [-0.2, -0.15) is 13.2 Å². The number of halogens is 3. The minimum absolute atomic E-state index is 0.207. The molecule has 2 heterocycles. The van der Waals surface area contributed by atoms with Crippen molar-refractivity contribution in [2.75, 3.05) is 11.9 Å². The molecule has 2 aromatic heterocycles. The normalized spacial score (nSPS) is 13.8. The number of aromatic nitrogens is 2. The first-order chi connectivity index (χ1) is 14.8. The van der Waals surface area contributed by atoms with E-state index in [1.54, 1.807) is 12.4 Å². The number of aliphatic hydroxyl groups excluding tert-OH is 1. The van der Waals surface area contributed by atoms with E-state index in [4.69, 9.17) is 5.73 Å². The highest BCUT2D eigenvalue weighted by molar-refractivity contribution is 7.18. The molecule has 2 atom stereocenters. The summed E-state index contributed by atoms with van der Waals surface area (Å²) in [4.78, 5) is 9.43. The standard InChI is InChI=1S/C22H19F3N4OS/c23-22(24,25)17-5-3-13(4-6-17)20(30)18(26)11-28-21-29-12-19(31-21)15-1-2-16-10-27-8-7-14(16)9-15/h1-10,12,18,20,30H,11,26H2,(H,28,29). The van der Waals surface area contributed by atoms with E-state index in [0.717, 1.165) is 33.3 Å². The van der Waals surface area contributed by atoms with Gasteiger partial charge in [0.1, 0.15) is 0 Å². The zero-order chi connectivity index (χ0) is 22.0. The quantitative estimate of drug-likeness (QED) is 0.396. The topological polar surface area (TPSA) is 84.1 Å². The number of benzene rings is 2. The van der Waals surface area contributed by atoms with Crippen LogP contribution in [0.15, 0.2) is 67.1 Å². The number of rotatable bonds is 6. The van der Waals surface area contributed by atoms with Crippen LogP contribution in [0.5, 0.6) is 0 Å². The predicted octanol–water partition coefficient (Wildman–Crippen LogP) is 4.85. The highest BCUT2D eigenvalue weighted by Gasteiger charge is 2.30. The van der Waals surface area contributed by atoms with E-state index < -0.39 is 23.9 Å². The number of nitrogens with one attached hydrogen (secondary N) is 1. The number of pyridine rings is 1. The molecule has 0 fully saturated rings. The summed E-state index contributed by atoms with van der Waals surface area (Å²) < 4.78 is 38.1. The van der Waals surface area contributed by atoms with Gasteiger partial charge in [0.2, 0.25) is 0 Å². The number of nitrogens with zero attached hydrogens (tertiary/aromatic N) is 2. The summed E-state index contributed by atoms with van der Waals surface area (Å²) in [5.74, 6) is 0. The first-order valence-corrected chi connectivity index (χ1v) is 10.3. The van der Waals surface area contributed by atoms with Gasteiger partial charge in [0.05, 0.1) is 22.6 Å². The molecular weight excluding hydrogens is 425 g/mol. The fourth-order valence-electron chi connectivity index (χ4n) is 3.16. The van der Waals surface area contributed by atoms with Crippen LogP contribution in [0.25, 0.3) is 21.2 Å². The molecule has 0 amide bonds. The molecule has 2 aromatic carbocycles. The van der Waals surface area contributed by atoms with E-state index in [2.05, 4.69) is 21.4 Å². The average Bonchev–Trinajstić information content (AvgIpc) is 3.25. The number of anilines is 1. The lowest BCUT2D eigenvalue weighted by atomic mass is 10.0. The van der Waals surface area contributed by atoms with Gasteiger partial charge >= 0.3 is 6.18 Å². The highest BCUT2D eigenvalue weighted by atomic mass is 32.1. The molecule has 0 bridgehead atoms. The maximum atomic E-state index is 12.7. The molecule has 0 aliphatic rings. The van der Waals surface area contributed by atoms with Gasteiger partial charge in [-0.1, -0.05) is 35.6 Å². The zero-order valence-corrected chi connectivity index (χ0v) is 17.0. The monoisotopic (exact) mass is 444 g/mol. The van der Waals surface area contributed by atoms with Crippen molar-refractivity contribution in [3.63, 3.8) is 0 Å². The smallest absolute Gasteiger partial charge is 0.387 e. The maximum Gasteiger partial charge on any atom is 0.416 e. The maximum absolute atomic E-state index is 12.7. The zero-order valence-electron chi connectivity index (χ0n) is 16.2. The fourth-order valence-corrected chi connectivity index (χ4v) is 3.98. The molecule has 0 aliphatic heterocycles. The lowest BCUT2D eigenvalue weighted by Crippen LogP contribution is -2.35. The van der Waals surface area contributed by atoms with Crippen molar-refractivity contribution in [1.29, 1.82) is 0 Å². The van der Waals surface area contributed by atoms with Gasteiger partial charge in [0.15, 0.2) is 5.13 Å². The summed E-state index contributed by atoms with van der Waals surface area (Å²) in [5.41, 5.74) is 6.62. The Kier molecular flexibility index (Phi) is 5.90. The number of alkyl halides is 3. The third-order valence-corrected chi connectivity index (χ3v) is 5.91. The number of fused-ring (bicyclic) bond motifs is 1. The van der Waals surface area contributed by atoms with Crippen LogP contribution < -0.4 is 11.1 Å². The summed E-state index contributed by atoms with van der Waals surface area (Å²) in [5, 5.41) is 16.2. The Hall–Kier alpha value is -3.01. The third kappa shape index (κ3) is 4.84. The van der Waals surface area contributed by atoms with Gasteiger partial charge in [0.25, 0.3) is 0 Å². The second-order valence-corrected chi connectivity index (χ2v) is 8.11. The number of aliphatic hydroxyl groups is 1. The van der Waals surface area contributed by atoms with Gasteiger partial charge < -0.3 is 16.2 Å². The Balaban J connectivity index is 1.39. The predicted molar refractivity (Wildman–Crippen MR) is 116 cm³/mol. The molecule has 4 N–H and O–H groups in total. The number of hydrogen-bond donors (Lipinski definition) is 3. The lowest BCUT2D eigenvalue weighted by molar-refractivity contribution is -0.137. The second kappa shape index (κ2) is 8.62. The van der Waals surface area contributed by atoms with Crippen molar-refractivity contribution in [3.05, 3.63) is 78.2 Å². The van der Waals surface area contributed by atoms with Gasteiger partial charge in [-0.25, -0.2) is 4.98 Å². The molecule has 0 saturated heterocycles. The van der Waals surface area contributed by atoms with Gasteiger partial charge in [-0.05, 0) is 40.8 Å². The van der Waals surface area contributed by atoms with Crippen LogP contribution in [0.4, 0.5) is 18.3 Å². The Bertz CT molecular complexity index is 1180. The first-order valence-electron chi connectivity index (χ1n) is 9.46. The number of hydrogen-bond acceptors (Lipinski definition) is 6.